The molecule has 190 valence electrons. The Kier molecular flexibility index (Phi) is 7.56. The first-order chi connectivity index (χ1) is 17.5. The molecule has 0 bridgehead atoms. The summed E-state index contributed by atoms with van der Waals surface area (Å²) in [6, 6.07) is 7.46. The lowest BCUT2D eigenvalue weighted by Crippen LogP contribution is -2.42. The van der Waals surface area contributed by atoms with Gasteiger partial charge in [-0.3, -0.25) is 18.7 Å². The summed E-state index contributed by atoms with van der Waals surface area (Å²) < 4.78 is 3.22. The van der Waals surface area contributed by atoms with Crippen molar-refractivity contribution >= 4 is 34.1 Å². The standard InChI is InChI=1S/C28H33ClN4O3/c29-23(34)16-13-19-11-14-22(15-12-19)25-30-24-26(31-25)32(17-20-7-3-1-4-8-20)28(36)33(27(24)35)18-21-9-5-2-6-10-21/h11-16,20-21H,1-10,17-18H2,(H,30,31)/b16-13+. The fourth-order valence-corrected chi connectivity index (χ4v) is 5.86. The van der Waals surface area contributed by atoms with Crippen molar-refractivity contribution in [2.24, 2.45) is 11.8 Å². The van der Waals surface area contributed by atoms with Crippen molar-refractivity contribution in [1.29, 1.82) is 0 Å². The predicted molar refractivity (Wildman–Crippen MR) is 143 cm³/mol. The molecule has 3 aromatic rings. The first kappa shape index (κ1) is 24.8. The van der Waals surface area contributed by atoms with Gasteiger partial charge in [0.05, 0.1) is 0 Å². The van der Waals surface area contributed by atoms with Crippen molar-refractivity contribution in [2.75, 3.05) is 0 Å². The van der Waals surface area contributed by atoms with Crippen LogP contribution in [0, 0.1) is 11.8 Å². The molecule has 2 aromatic heterocycles. The van der Waals surface area contributed by atoms with Gasteiger partial charge < -0.3 is 4.98 Å². The molecule has 0 spiro atoms. The zero-order chi connectivity index (χ0) is 25.1. The van der Waals surface area contributed by atoms with E-state index in [1.54, 1.807) is 10.6 Å². The fraction of sp³-hybridized carbons (Fsp3) is 0.500. The second-order valence-electron chi connectivity index (χ2n) is 10.4. The molecule has 8 heteroatoms. The topological polar surface area (TPSA) is 89.8 Å². The van der Waals surface area contributed by atoms with Gasteiger partial charge in [0.15, 0.2) is 5.52 Å². The first-order valence-corrected chi connectivity index (χ1v) is 13.6. The van der Waals surface area contributed by atoms with Gasteiger partial charge >= 0.3 is 5.69 Å². The van der Waals surface area contributed by atoms with E-state index < -0.39 is 5.24 Å². The molecule has 0 unspecified atom stereocenters. The molecular formula is C28H33ClN4O3. The van der Waals surface area contributed by atoms with Gasteiger partial charge in [0.1, 0.15) is 11.5 Å². The van der Waals surface area contributed by atoms with Crippen molar-refractivity contribution < 1.29 is 4.79 Å². The Balaban J connectivity index is 1.56. The molecule has 1 N–H and O–H groups in total. The average Bonchev–Trinajstić information content (AvgIpc) is 3.35. The number of carbonyl (C=O) groups is 1. The minimum atomic E-state index is -0.531. The second kappa shape index (κ2) is 11.0. The molecule has 2 saturated carbocycles. The molecule has 5 rings (SSSR count). The lowest BCUT2D eigenvalue weighted by atomic mass is 9.89. The highest BCUT2D eigenvalue weighted by molar-refractivity contribution is 6.66. The van der Waals surface area contributed by atoms with Crippen LogP contribution in [0.4, 0.5) is 0 Å². The summed E-state index contributed by atoms with van der Waals surface area (Å²) in [5, 5.41) is -0.531. The number of carbonyl (C=O) groups excluding carboxylic acids is 1. The molecule has 0 amide bonds. The maximum Gasteiger partial charge on any atom is 0.332 e. The number of H-pyrrole nitrogens is 1. The first-order valence-electron chi connectivity index (χ1n) is 13.2. The third-order valence-electron chi connectivity index (χ3n) is 7.79. The zero-order valence-corrected chi connectivity index (χ0v) is 21.3. The lowest BCUT2D eigenvalue weighted by molar-refractivity contribution is -0.107. The van der Waals surface area contributed by atoms with Gasteiger partial charge in [-0.15, -0.1) is 0 Å². The minimum absolute atomic E-state index is 0.218. The summed E-state index contributed by atoms with van der Waals surface area (Å²) in [5.41, 5.74) is 1.95. The van der Waals surface area contributed by atoms with Crippen LogP contribution in [0.25, 0.3) is 28.6 Å². The molecule has 0 atom stereocenters. The summed E-state index contributed by atoms with van der Waals surface area (Å²) in [5.74, 6) is 1.35. The predicted octanol–water partition coefficient (Wildman–Crippen LogP) is 5.49. The quantitative estimate of drug-likeness (QED) is 0.337. The maximum atomic E-state index is 13.7. The van der Waals surface area contributed by atoms with Crippen LogP contribution in [0.1, 0.15) is 69.8 Å². The maximum absolute atomic E-state index is 13.7. The summed E-state index contributed by atoms with van der Waals surface area (Å²) in [4.78, 5) is 46.2. The average molecular weight is 509 g/mol. The van der Waals surface area contributed by atoms with Crippen molar-refractivity contribution in [1.82, 2.24) is 19.1 Å². The number of fused-ring (bicyclic) bond motifs is 1. The molecule has 2 fully saturated rings. The normalized spacial score (nSPS) is 17.8. The van der Waals surface area contributed by atoms with E-state index in [0.29, 0.717) is 41.9 Å². The van der Waals surface area contributed by atoms with Crippen molar-refractivity contribution in [3.63, 3.8) is 0 Å². The Labute approximate surface area is 215 Å². The number of hydrogen-bond donors (Lipinski definition) is 1. The van der Waals surface area contributed by atoms with Crippen LogP contribution >= 0.6 is 11.6 Å². The van der Waals surface area contributed by atoms with E-state index in [9.17, 15) is 14.4 Å². The fourth-order valence-electron chi connectivity index (χ4n) is 5.80. The molecule has 36 heavy (non-hydrogen) atoms. The number of rotatable bonds is 7. The van der Waals surface area contributed by atoms with E-state index in [4.69, 9.17) is 16.6 Å². The lowest BCUT2D eigenvalue weighted by Gasteiger charge is -2.24. The molecular weight excluding hydrogens is 476 g/mol. The Bertz CT molecular complexity index is 1370. The monoisotopic (exact) mass is 508 g/mol. The van der Waals surface area contributed by atoms with Crippen LogP contribution in [-0.2, 0) is 17.9 Å². The Morgan fingerprint density at radius 1 is 0.917 bits per heavy atom. The van der Waals surface area contributed by atoms with E-state index in [1.807, 2.05) is 24.3 Å². The smallest absolute Gasteiger partial charge is 0.324 e. The number of nitrogens with zero attached hydrogens (tertiary/aromatic N) is 3. The van der Waals surface area contributed by atoms with Crippen LogP contribution in [0.3, 0.4) is 0 Å². The van der Waals surface area contributed by atoms with Gasteiger partial charge in [-0.2, -0.15) is 0 Å². The van der Waals surface area contributed by atoms with Crippen molar-refractivity contribution in [3.05, 3.63) is 56.7 Å². The number of benzene rings is 1. The molecule has 1 aromatic carbocycles. The number of aromatic amines is 1. The summed E-state index contributed by atoms with van der Waals surface area (Å²) in [6.07, 6.45) is 14.5. The zero-order valence-electron chi connectivity index (χ0n) is 20.5. The van der Waals surface area contributed by atoms with E-state index in [0.717, 1.165) is 49.7 Å². The van der Waals surface area contributed by atoms with Crippen LogP contribution < -0.4 is 11.2 Å². The van der Waals surface area contributed by atoms with Gasteiger partial charge in [-0.1, -0.05) is 68.9 Å². The summed E-state index contributed by atoms with van der Waals surface area (Å²) >= 11 is 5.39. The van der Waals surface area contributed by atoms with Crippen molar-refractivity contribution in [3.8, 4) is 11.4 Å². The van der Waals surface area contributed by atoms with E-state index in [2.05, 4.69) is 4.98 Å². The number of halogens is 1. The van der Waals surface area contributed by atoms with Crippen LogP contribution in [0.2, 0.25) is 0 Å². The number of allylic oxidation sites excluding steroid dienone is 1. The minimum Gasteiger partial charge on any atom is -0.324 e. The van der Waals surface area contributed by atoms with E-state index in [1.165, 1.54) is 36.3 Å². The number of hydrogen-bond acceptors (Lipinski definition) is 4. The summed E-state index contributed by atoms with van der Waals surface area (Å²) in [7, 11) is 0. The van der Waals surface area contributed by atoms with Crippen LogP contribution in [0.15, 0.2) is 39.9 Å². The van der Waals surface area contributed by atoms with Gasteiger partial charge in [-0.25, -0.2) is 9.78 Å². The number of nitrogens with one attached hydrogen (secondary N) is 1. The van der Waals surface area contributed by atoms with Gasteiger partial charge in [0.2, 0.25) is 5.24 Å². The Hall–Kier alpha value is -2.93. The van der Waals surface area contributed by atoms with Gasteiger partial charge in [0.25, 0.3) is 5.56 Å². The third-order valence-corrected chi connectivity index (χ3v) is 7.91. The van der Waals surface area contributed by atoms with Gasteiger partial charge in [-0.05, 0) is 60.8 Å². The van der Waals surface area contributed by atoms with Crippen LogP contribution in [0.5, 0.6) is 0 Å². The highest BCUT2D eigenvalue weighted by Gasteiger charge is 2.24. The molecule has 2 aliphatic rings. The summed E-state index contributed by atoms with van der Waals surface area (Å²) in [6.45, 7) is 1.08. The molecule has 0 radical (unpaired) electrons. The SMILES string of the molecule is O=C(Cl)/C=C/c1ccc(-c2nc3c(=O)n(CC4CCCCC4)c(=O)n(CC4CCCCC4)c3[nH]2)cc1. The van der Waals surface area contributed by atoms with E-state index >= 15 is 0 Å². The highest BCUT2D eigenvalue weighted by atomic mass is 35.5. The number of aromatic nitrogens is 4. The molecule has 2 aliphatic carbocycles. The molecule has 2 heterocycles. The van der Waals surface area contributed by atoms with Crippen molar-refractivity contribution in [2.45, 2.75) is 77.3 Å². The largest absolute Gasteiger partial charge is 0.332 e. The number of imidazole rings is 1. The van der Waals surface area contributed by atoms with Crippen LogP contribution in [-0.4, -0.2) is 24.3 Å². The molecule has 0 aliphatic heterocycles. The second-order valence-corrected chi connectivity index (χ2v) is 10.7. The third kappa shape index (κ3) is 5.41. The molecule has 0 saturated heterocycles. The van der Waals surface area contributed by atoms with Gasteiger partial charge in [0, 0.05) is 18.7 Å². The Morgan fingerprint density at radius 2 is 1.50 bits per heavy atom. The Morgan fingerprint density at radius 3 is 2.08 bits per heavy atom. The van der Waals surface area contributed by atoms with E-state index in [-0.39, 0.29) is 11.2 Å². The molecule has 7 nitrogen and oxygen atoms in total. The highest BCUT2D eigenvalue weighted by Crippen LogP contribution is 2.27.